The smallest absolute Gasteiger partial charge is 0.180 e. The van der Waals surface area contributed by atoms with Crippen LogP contribution in [0.15, 0.2) is 77.5 Å². The third-order valence-corrected chi connectivity index (χ3v) is 3.71. The van der Waals surface area contributed by atoms with E-state index in [-0.39, 0.29) is 0 Å². The van der Waals surface area contributed by atoms with E-state index in [9.17, 15) is 0 Å². The Hall–Kier alpha value is -2.53. The summed E-state index contributed by atoms with van der Waals surface area (Å²) in [6.07, 6.45) is 3.33. The van der Waals surface area contributed by atoms with Crippen molar-refractivity contribution in [1.82, 2.24) is 0 Å². The van der Waals surface area contributed by atoms with Crippen molar-refractivity contribution in [2.75, 3.05) is 6.61 Å². The van der Waals surface area contributed by atoms with Gasteiger partial charge in [0.05, 0.1) is 6.21 Å². The molecule has 0 saturated heterocycles. The summed E-state index contributed by atoms with van der Waals surface area (Å²) in [5.74, 6) is 1.51. The first-order chi connectivity index (χ1) is 11.3. The van der Waals surface area contributed by atoms with Gasteiger partial charge < -0.3 is 10.5 Å². The normalized spacial score (nSPS) is 11.6. The number of rotatable bonds is 7. The zero-order valence-corrected chi connectivity index (χ0v) is 13.6. The fraction of sp³-hybridized carbons (Fsp3) is 0.111. The van der Waals surface area contributed by atoms with E-state index in [0.29, 0.717) is 11.8 Å². The van der Waals surface area contributed by atoms with E-state index < -0.39 is 0 Å². The second kappa shape index (κ2) is 9.48. The van der Waals surface area contributed by atoms with Gasteiger partial charge in [0.25, 0.3) is 0 Å². The number of para-hydroxylation sites is 1. The molecule has 5 heteroatoms. The molecule has 0 aliphatic rings. The van der Waals surface area contributed by atoms with Crippen LogP contribution in [0.4, 0.5) is 0 Å². The molecule has 4 nitrogen and oxygen atoms in total. The van der Waals surface area contributed by atoms with Gasteiger partial charge >= 0.3 is 0 Å². The van der Waals surface area contributed by atoms with Gasteiger partial charge in [-0.3, -0.25) is 0 Å². The fourth-order valence-electron chi connectivity index (χ4n) is 1.78. The highest BCUT2D eigenvalue weighted by molar-refractivity contribution is 8.13. The van der Waals surface area contributed by atoms with Gasteiger partial charge in [0.1, 0.15) is 12.4 Å². The molecule has 0 fully saturated rings. The van der Waals surface area contributed by atoms with E-state index in [1.807, 2.05) is 42.5 Å². The van der Waals surface area contributed by atoms with Crippen molar-refractivity contribution in [2.45, 2.75) is 5.75 Å². The summed E-state index contributed by atoms with van der Waals surface area (Å²) in [6.45, 7) is 4.08. The number of benzene rings is 2. The van der Waals surface area contributed by atoms with E-state index in [1.165, 1.54) is 17.3 Å². The maximum absolute atomic E-state index is 5.86. The fourth-order valence-corrected chi connectivity index (χ4v) is 2.39. The number of nitrogens with two attached hydrogens (primary N) is 1. The number of thioether (sulfide) groups is 1. The van der Waals surface area contributed by atoms with Crippen LogP contribution in [-0.2, 0) is 5.75 Å². The highest BCUT2D eigenvalue weighted by Crippen LogP contribution is 2.16. The van der Waals surface area contributed by atoms with Crippen LogP contribution in [-0.4, -0.2) is 18.0 Å². The maximum atomic E-state index is 5.86. The Labute approximate surface area is 140 Å². The number of ether oxygens (including phenoxy) is 1. The van der Waals surface area contributed by atoms with E-state index >= 15 is 0 Å². The Bertz CT molecular complexity index is 684. The molecule has 0 saturated carbocycles. The number of hydrogen-bond acceptors (Lipinski definition) is 4. The largest absolute Gasteiger partial charge is 0.489 e. The van der Waals surface area contributed by atoms with Crippen LogP contribution in [0.2, 0.25) is 0 Å². The molecule has 0 heterocycles. The Morgan fingerprint density at radius 1 is 1.13 bits per heavy atom. The lowest BCUT2D eigenvalue weighted by atomic mass is 10.2. The van der Waals surface area contributed by atoms with Crippen LogP contribution < -0.4 is 10.5 Å². The molecule has 2 aromatic rings. The monoisotopic (exact) mass is 325 g/mol. The van der Waals surface area contributed by atoms with Crippen LogP contribution in [0.1, 0.15) is 11.1 Å². The van der Waals surface area contributed by atoms with Crippen LogP contribution in [0, 0.1) is 0 Å². The Kier molecular flexibility index (Phi) is 6.94. The Morgan fingerprint density at radius 3 is 2.65 bits per heavy atom. The first-order valence-corrected chi connectivity index (χ1v) is 8.14. The van der Waals surface area contributed by atoms with E-state index in [4.69, 9.17) is 10.5 Å². The Balaban J connectivity index is 1.93. The van der Waals surface area contributed by atoms with Crippen molar-refractivity contribution in [3.63, 3.8) is 0 Å². The second-order valence-electron chi connectivity index (χ2n) is 4.59. The van der Waals surface area contributed by atoms with Gasteiger partial charge in [-0.25, -0.2) is 0 Å². The van der Waals surface area contributed by atoms with Crippen LogP contribution in [0.3, 0.4) is 0 Å². The van der Waals surface area contributed by atoms with Crippen molar-refractivity contribution in [3.05, 3.63) is 78.4 Å². The minimum Gasteiger partial charge on any atom is -0.489 e. The molecular weight excluding hydrogens is 306 g/mol. The lowest BCUT2D eigenvalue weighted by Gasteiger charge is -2.05. The SMILES string of the molecule is C=CCOc1ccccc1C=NN=C(N)SCc1ccccc1. The molecule has 118 valence electrons. The van der Waals surface area contributed by atoms with Gasteiger partial charge in [-0.15, -0.1) is 5.10 Å². The van der Waals surface area contributed by atoms with E-state index in [2.05, 4.69) is 28.9 Å². The molecule has 0 radical (unpaired) electrons. The second-order valence-corrected chi connectivity index (χ2v) is 5.59. The van der Waals surface area contributed by atoms with Gasteiger partial charge in [-0.2, -0.15) is 5.10 Å². The van der Waals surface area contributed by atoms with E-state index in [0.717, 1.165) is 17.1 Å². The van der Waals surface area contributed by atoms with Crippen molar-refractivity contribution >= 4 is 23.1 Å². The third kappa shape index (κ3) is 6.00. The third-order valence-electron chi connectivity index (χ3n) is 2.86. The van der Waals surface area contributed by atoms with Crippen molar-refractivity contribution in [1.29, 1.82) is 0 Å². The molecule has 0 bridgehead atoms. The first kappa shape index (κ1) is 16.8. The zero-order chi connectivity index (χ0) is 16.3. The molecule has 2 rings (SSSR count). The molecule has 0 atom stereocenters. The van der Waals surface area contributed by atoms with Gasteiger partial charge in [-0.05, 0) is 17.7 Å². The molecule has 0 aromatic heterocycles. The quantitative estimate of drug-likeness (QED) is 0.364. The van der Waals surface area contributed by atoms with Crippen molar-refractivity contribution < 1.29 is 4.74 Å². The molecule has 2 aromatic carbocycles. The standard InChI is InChI=1S/C18H19N3OS/c1-2-12-22-17-11-7-6-10-16(17)13-20-21-18(19)23-14-15-8-4-3-5-9-15/h2-11,13H,1,12,14H2,(H2,19,21). The van der Waals surface area contributed by atoms with Crippen molar-refractivity contribution in [2.24, 2.45) is 15.9 Å². The average Bonchev–Trinajstić information content (AvgIpc) is 2.60. The highest BCUT2D eigenvalue weighted by atomic mass is 32.2. The summed E-state index contributed by atoms with van der Waals surface area (Å²) in [5, 5.41) is 8.47. The lowest BCUT2D eigenvalue weighted by molar-refractivity contribution is 0.363. The lowest BCUT2D eigenvalue weighted by Crippen LogP contribution is -2.06. The van der Waals surface area contributed by atoms with Crippen LogP contribution in [0.5, 0.6) is 5.75 Å². The Morgan fingerprint density at radius 2 is 1.87 bits per heavy atom. The molecular formula is C18H19N3OS. The van der Waals surface area contributed by atoms with Gasteiger partial charge in [0, 0.05) is 11.3 Å². The number of hydrogen-bond donors (Lipinski definition) is 1. The van der Waals surface area contributed by atoms with Gasteiger partial charge in [0.15, 0.2) is 5.17 Å². The summed E-state index contributed by atoms with van der Waals surface area (Å²) in [7, 11) is 0. The predicted molar refractivity (Wildman–Crippen MR) is 99.1 cm³/mol. The van der Waals surface area contributed by atoms with Crippen LogP contribution >= 0.6 is 11.8 Å². The number of amidine groups is 1. The molecule has 0 amide bonds. The highest BCUT2D eigenvalue weighted by Gasteiger charge is 1.99. The summed E-state index contributed by atoms with van der Waals surface area (Å²) >= 11 is 1.45. The minimum atomic E-state index is 0.426. The summed E-state index contributed by atoms with van der Waals surface area (Å²) in [4.78, 5) is 0. The summed E-state index contributed by atoms with van der Waals surface area (Å²) in [5.41, 5.74) is 7.90. The summed E-state index contributed by atoms with van der Waals surface area (Å²) in [6, 6.07) is 17.7. The average molecular weight is 325 g/mol. The van der Waals surface area contributed by atoms with Crippen LogP contribution in [0.25, 0.3) is 0 Å². The topological polar surface area (TPSA) is 60.0 Å². The molecule has 0 aliphatic carbocycles. The number of nitrogens with zero attached hydrogens (tertiary/aromatic N) is 2. The minimum absolute atomic E-state index is 0.426. The van der Waals surface area contributed by atoms with Crippen molar-refractivity contribution in [3.8, 4) is 5.75 Å². The molecule has 23 heavy (non-hydrogen) atoms. The molecule has 0 unspecified atom stereocenters. The molecule has 0 aliphatic heterocycles. The van der Waals surface area contributed by atoms with Gasteiger partial charge in [0.2, 0.25) is 0 Å². The predicted octanol–water partition coefficient (Wildman–Crippen LogP) is 3.83. The first-order valence-electron chi connectivity index (χ1n) is 7.15. The van der Waals surface area contributed by atoms with Gasteiger partial charge in [-0.1, -0.05) is 66.9 Å². The molecule has 0 spiro atoms. The maximum Gasteiger partial charge on any atom is 0.180 e. The summed E-state index contributed by atoms with van der Waals surface area (Å²) < 4.78 is 5.55. The van der Waals surface area contributed by atoms with E-state index in [1.54, 1.807) is 12.3 Å². The zero-order valence-electron chi connectivity index (χ0n) is 12.8. The molecule has 2 N–H and O–H groups in total.